The average Bonchev–Trinajstić information content (AvgIpc) is 2.88. The van der Waals surface area contributed by atoms with Gasteiger partial charge in [0.15, 0.2) is 0 Å². The highest BCUT2D eigenvalue weighted by Crippen LogP contribution is 2.37. The summed E-state index contributed by atoms with van der Waals surface area (Å²) in [6, 6.07) is 7.65. The molecule has 0 radical (unpaired) electrons. The maximum absolute atomic E-state index is 12.4. The zero-order valence-corrected chi connectivity index (χ0v) is 13.8. The normalized spacial score (nSPS) is 20.8. The van der Waals surface area contributed by atoms with Gasteiger partial charge < -0.3 is 10.2 Å². The minimum Gasteiger partial charge on any atom is -0.339 e. The molecule has 3 nitrogen and oxygen atoms in total. The Bertz CT molecular complexity index is 461. The Morgan fingerprint density at radius 3 is 2.35 bits per heavy atom. The number of carbonyl (C=O) groups is 1. The van der Waals surface area contributed by atoms with Gasteiger partial charge in [0.05, 0.1) is 0 Å². The third-order valence-electron chi connectivity index (χ3n) is 4.53. The second-order valence-electron chi connectivity index (χ2n) is 5.73. The van der Waals surface area contributed by atoms with Gasteiger partial charge in [-0.1, -0.05) is 15.9 Å². The van der Waals surface area contributed by atoms with Gasteiger partial charge in [-0.25, -0.2) is 0 Å². The quantitative estimate of drug-likeness (QED) is 0.836. The van der Waals surface area contributed by atoms with Gasteiger partial charge in [0.2, 0.25) is 0 Å². The van der Waals surface area contributed by atoms with Crippen LogP contribution in [0.4, 0.5) is 0 Å². The molecule has 0 bridgehead atoms. The number of rotatable bonds is 1. The topological polar surface area (TPSA) is 32.3 Å². The second kappa shape index (κ2) is 6.46. The van der Waals surface area contributed by atoms with Crippen LogP contribution >= 0.6 is 28.3 Å². The van der Waals surface area contributed by atoms with Crippen molar-refractivity contribution >= 4 is 34.2 Å². The molecule has 1 aromatic rings. The summed E-state index contributed by atoms with van der Waals surface area (Å²) in [7, 11) is 0. The summed E-state index contributed by atoms with van der Waals surface area (Å²) in [4.78, 5) is 14.4. The summed E-state index contributed by atoms with van der Waals surface area (Å²) in [6.45, 7) is 4.07. The maximum atomic E-state index is 12.4. The molecule has 0 aliphatic carbocycles. The van der Waals surface area contributed by atoms with E-state index in [4.69, 9.17) is 0 Å². The summed E-state index contributed by atoms with van der Waals surface area (Å²) in [5.41, 5.74) is 1.26. The number of hydrogen-bond acceptors (Lipinski definition) is 2. The van der Waals surface area contributed by atoms with Gasteiger partial charge in [-0.05, 0) is 55.5 Å². The summed E-state index contributed by atoms with van der Waals surface area (Å²) in [5, 5.41) is 3.46. The molecule has 1 aromatic carbocycles. The second-order valence-corrected chi connectivity index (χ2v) is 6.64. The fourth-order valence-corrected chi connectivity index (χ4v) is 3.45. The fourth-order valence-electron chi connectivity index (χ4n) is 3.18. The molecule has 0 atom stereocenters. The third-order valence-corrected chi connectivity index (χ3v) is 5.06. The van der Waals surface area contributed by atoms with Crippen molar-refractivity contribution in [1.29, 1.82) is 0 Å². The third kappa shape index (κ3) is 3.18. The summed E-state index contributed by atoms with van der Waals surface area (Å²) >= 11 is 3.40. The van der Waals surface area contributed by atoms with E-state index in [1.807, 2.05) is 29.2 Å². The standard InChI is InChI=1S/C15H19BrN2O.ClH/c16-13-3-1-12(2-4-13)14(19)18-9-6-15(7-10-18)5-8-17-11-15;/h1-4,17H,5-11H2;1H. The van der Waals surface area contributed by atoms with Gasteiger partial charge in [0, 0.05) is 29.7 Å². The van der Waals surface area contributed by atoms with E-state index >= 15 is 0 Å². The molecular formula is C15H20BrClN2O. The van der Waals surface area contributed by atoms with Crippen LogP contribution in [-0.4, -0.2) is 37.0 Å². The Morgan fingerprint density at radius 1 is 1.15 bits per heavy atom. The van der Waals surface area contributed by atoms with Crippen LogP contribution in [0.3, 0.4) is 0 Å². The molecule has 1 N–H and O–H groups in total. The average molecular weight is 360 g/mol. The first-order chi connectivity index (χ1) is 9.19. The van der Waals surface area contributed by atoms with Crippen LogP contribution in [0.2, 0.25) is 0 Å². The lowest BCUT2D eigenvalue weighted by molar-refractivity contribution is 0.0607. The van der Waals surface area contributed by atoms with E-state index < -0.39 is 0 Å². The SMILES string of the molecule is Cl.O=C(c1ccc(Br)cc1)N1CCC2(CCNC2)CC1. The summed E-state index contributed by atoms with van der Waals surface area (Å²) < 4.78 is 1.01. The smallest absolute Gasteiger partial charge is 0.253 e. The first-order valence-electron chi connectivity index (χ1n) is 6.94. The van der Waals surface area contributed by atoms with Gasteiger partial charge in [-0.2, -0.15) is 0 Å². The number of hydrogen-bond donors (Lipinski definition) is 1. The van der Waals surface area contributed by atoms with E-state index in [1.54, 1.807) is 0 Å². The van der Waals surface area contributed by atoms with Crippen molar-refractivity contribution in [2.45, 2.75) is 19.3 Å². The summed E-state index contributed by atoms with van der Waals surface area (Å²) in [5.74, 6) is 0.174. The van der Waals surface area contributed by atoms with Crippen molar-refractivity contribution in [3.05, 3.63) is 34.3 Å². The lowest BCUT2D eigenvalue weighted by Crippen LogP contribution is -2.44. The Morgan fingerprint density at radius 2 is 1.80 bits per heavy atom. The van der Waals surface area contributed by atoms with Crippen molar-refractivity contribution in [2.75, 3.05) is 26.2 Å². The number of likely N-dealkylation sites (tertiary alicyclic amines) is 1. The van der Waals surface area contributed by atoms with Gasteiger partial charge in [0.1, 0.15) is 0 Å². The molecule has 5 heteroatoms. The van der Waals surface area contributed by atoms with Crippen LogP contribution in [0.15, 0.2) is 28.7 Å². The van der Waals surface area contributed by atoms with Gasteiger partial charge in [-0.3, -0.25) is 4.79 Å². The molecule has 1 amide bonds. The number of nitrogens with zero attached hydrogens (tertiary/aromatic N) is 1. The van der Waals surface area contributed by atoms with Gasteiger partial charge >= 0.3 is 0 Å². The zero-order valence-electron chi connectivity index (χ0n) is 11.4. The molecule has 0 aromatic heterocycles. The van der Waals surface area contributed by atoms with Crippen molar-refractivity contribution in [3.63, 3.8) is 0 Å². The molecule has 1 spiro atoms. The van der Waals surface area contributed by atoms with E-state index in [1.165, 1.54) is 6.42 Å². The lowest BCUT2D eigenvalue weighted by Gasteiger charge is -2.38. The molecule has 0 unspecified atom stereocenters. The Kier molecular flexibility index (Phi) is 5.10. The fraction of sp³-hybridized carbons (Fsp3) is 0.533. The van der Waals surface area contributed by atoms with E-state index in [9.17, 15) is 4.79 Å². The van der Waals surface area contributed by atoms with Gasteiger partial charge in [-0.15, -0.1) is 12.4 Å². The molecule has 2 aliphatic rings. The first-order valence-corrected chi connectivity index (χ1v) is 7.73. The van der Waals surface area contributed by atoms with Crippen LogP contribution in [0.25, 0.3) is 0 Å². The molecule has 2 aliphatic heterocycles. The van der Waals surface area contributed by atoms with Gasteiger partial charge in [0.25, 0.3) is 5.91 Å². The van der Waals surface area contributed by atoms with E-state index in [2.05, 4.69) is 21.2 Å². The number of piperidine rings is 1. The molecular weight excluding hydrogens is 340 g/mol. The maximum Gasteiger partial charge on any atom is 0.253 e. The number of benzene rings is 1. The predicted molar refractivity (Wildman–Crippen MR) is 86.4 cm³/mol. The molecule has 2 fully saturated rings. The van der Waals surface area contributed by atoms with Crippen LogP contribution < -0.4 is 5.32 Å². The van der Waals surface area contributed by atoms with Crippen molar-refractivity contribution in [2.24, 2.45) is 5.41 Å². The lowest BCUT2D eigenvalue weighted by atomic mass is 9.78. The van der Waals surface area contributed by atoms with E-state index in [0.29, 0.717) is 5.41 Å². The molecule has 20 heavy (non-hydrogen) atoms. The molecule has 2 saturated heterocycles. The summed E-state index contributed by atoms with van der Waals surface area (Å²) in [6.07, 6.45) is 3.55. The minimum atomic E-state index is 0. The zero-order chi connectivity index (χ0) is 13.3. The molecule has 3 rings (SSSR count). The molecule has 0 saturated carbocycles. The van der Waals surface area contributed by atoms with Crippen molar-refractivity contribution in [3.8, 4) is 0 Å². The molecule has 2 heterocycles. The predicted octanol–water partition coefficient (Wildman–Crippen LogP) is 3.09. The Labute approximate surface area is 134 Å². The Balaban J connectivity index is 0.00000147. The number of amides is 1. The highest BCUT2D eigenvalue weighted by atomic mass is 79.9. The monoisotopic (exact) mass is 358 g/mol. The first kappa shape index (κ1) is 15.8. The van der Waals surface area contributed by atoms with Crippen LogP contribution in [0.1, 0.15) is 29.6 Å². The van der Waals surface area contributed by atoms with Crippen molar-refractivity contribution < 1.29 is 4.79 Å². The van der Waals surface area contributed by atoms with Crippen molar-refractivity contribution in [1.82, 2.24) is 10.2 Å². The van der Waals surface area contributed by atoms with Crippen LogP contribution in [-0.2, 0) is 0 Å². The van der Waals surface area contributed by atoms with Crippen LogP contribution in [0, 0.1) is 5.41 Å². The van der Waals surface area contributed by atoms with E-state index in [-0.39, 0.29) is 18.3 Å². The highest BCUT2D eigenvalue weighted by molar-refractivity contribution is 9.10. The van der Waals surface area contributed by atoms with E-state index in [0.717, 1.165) is 49.1 Å². The minimum absolute atomic E-state index is 0. The van der Waals surface area contributed by atoms with Crippen LogP contribution in [0.5, 0.6) is 0 Å². The molecule has 110 valence electrons. The highest BCUT2D eigenvalue weighted by Gasteiger charge is 2.38. The number of halogens is 2. The number of carbonyl (C=O) groups excluding carboxylic acids is 1. The Hall–Kier alpha value is -0.580. The number of nitrogens with one attached hydrogen (secondary N) is 1. The largest absolute Gasteiger partial charge is 0.339 e.